The predicted octanol–water partition coefficient (Wildman–Crippen LogP) is -1.08. The van der Waals surface area contributed by atoms with E-state index in [0.29, 0.717) is 24.3 Å². The molecule has 0 radical (unpaired) electrons. The third kappa shape index (κ3) is 10.7. The molecule has 0 rings (SSSR count). The fourth-order valence-electron chi connectivity index (χ4n) is 1.99. The molecule has 0 fully saturated rings. The van der Waals surface area contributed by atoms with Gasteiger partial charge in [0.15, 0.2) is 0 Å². The average molecular weight is 441 g/mol. The molecule has 12 heteroatoms. The van der Waals surface area contributed by atoms with Crippen LogP contribution in [0.3, 0.4) is 0 Å². The number of hydrogen-bond acceptors (Lipinski definition) is 8. The van der Waals surface area contributed by atoms with Crippen LogP contribution >= 0.6 is 36.2 Å². The maximum atomic E-state index is 12.6. The first-order valence-corrected chi connectivity index (χ1v) is 11.6. The summed E-state index contributed by atoms with van der Waals surface area (Å²) in [4.78, 5) is 47.7. The van der Waals surface area contributed by atoms with E-state index in [4.69, 9.17) is 10.8 Å². The largest absolute Gasteiger partial charge is 0.480 e. The van der Waals surface area contributed by atoms with E-state index in [1.54, 1.807) is 0 Å². The number of thioether (sulfide) groups is 2. The Hall–Kier alpha value is -1.11. The molecule has 0 aromatic heterocycles. The molecule has 0 aliphatic rings. The third-order valence-corrected chi connectivity index (χ3v) is 5.14. The van der Waals surface area contributed by atoms with Crippen molar-refractivity contribution >= 4 is 59.8 Å². The minimum atomic E-state index is -1.21. The molecular formula is C15H28N4O5S3. The van der Waals surface area contributed by atoms with Crippen LogP contribution in [0.15, 0.2) is 0 Å². The van der Waals surface area contributed by atoms with Crippen molar-refractivity contribution in [1.29, 1.82) is 0 Å². The summed E-state index contributed by atoms with van der Waals surface area (Å²) < 4.78 is 0. The number of aliphatic carboxylic acids is 1. The lowest BCUT2D eigenvalue weighted by atomic mass is 10.1. The highest BCUT2D eigenvalue weighted by molar-refractivity contribution is 7.98. The Bertz CT molecular complexity index is 510. The van der Waals surface area contributed by atoms with Gasteiger partial charge in [-0.15, -0.1) is 0 Å². The van der Waals surface area contributed by atoms with E-state index in [-0.39, 0.29) is 12.3 Å². The topological polar surface area (TPSA) is 151 Å². The van der Waals surface area contributed by atoms with Gasteiger partial charge in [0.1, 0.15) is 18.1 Å². The molecule has 0 spiro atoms. The summed E-state index contributed by atoms with van der Waals surface area (Å²) in [6.45, 7) is -0.248. The maximum Gasteiger partial charge on any atom is 0.327 e. The number of carbonyl (C=O) groups is 4. The first-order chi connectivity index (χ1) is 12.8. The molecule has 3 unspecified atom stereocenters. The van der Waals surface area contributed by atoms with E-state index in [1.807, 2.05) is 12.5 Å². The number of thiol groups is 1. The molecule has 0 saturated carbocycles. The summed E-state index contributed by atoms with van der Waals surface area (Å²) in [5, 5.41) is 16.6. The van der Waals surface area contributed by atoms with Crippen LogP contribution in [-0.2, 0) is 19.2 Å². The Morgan fingerprint density at radius 2 is 1.37 bits per heavy atom. The van der Waals surface area contributed by atoms with Crippen molar-refractivity contribution in [1.82, 2.24) is 16.0 Å². The Labute approximate surface area is 173 Å². The molecule has 3 atom stereocenters. The standard InChI is InChI=1S/C15H28N4O5S3/c1-26-5-3-9(17-12(20)7-16)13(21)18-10(4-6-27-2)14(22)19-11(8-25)15(23)24/h9-11,25H,3-8,16H2,1-2H3,(H,17,20)(H,18,21)(H,19,22)(H,23,24). The number of amides is 3. The molecule has 27 heavy (non-hydrogen) atoms. The molecule has 0 bridgehead atoms. The molecule has 6 N–H and O–H groups in total. The molecule has 0 saturated heterocycles. The fourth-order valence-corrected chi connectivity index (χ4v) is 3.18. The van der Waals surface area contributed by atoms with Gasteiger partial charge < -0.3 is 26.8 Å². The highest BCUT2D eigenvalue weighted by Gasteiger charge is 2.28. The second-order valence-electron chi connectivity index (χ2n) is 5.53. The van der Waals surface area contributed by atoms with Crippen molar-refractivity contribution in [2.24, 2.45) is 5.73 Å². The van der Waals surface area contributed by atoms with Gasteiger partial charge >= 0.3 is 5.97 Å². The van der Waals surface area contributed by atoms with Gasteiger partial charge in [-0.05, 0) is 36.9 Å². The van der Waals surface area contributed by atoms with Gasteiger partial charge in [-0.1, -0.05) is 0 Å². The normalized spacial score (nSPS) is 13.9. The Balaban J connectivity index is 5.13. The van der Waals surface area contributed by atoms with Crippen molar-refractivity contribution in [3.05, 3.63) is 0 Å². The van der Waals surface area contributed by atoms with Crippen molar-refractivity contribution in [2.75, 3.05) is 36.3 Å². The second kappa shape index (κ2) is 14.9. The Morgan fingerprint density at radius 3 is 1.74 bits per heavy atom. The molecular weight excluding hydrogens is 412 g/mol. The van der Waals surface area contributed by atoms with Gasteiger partial charge in [0.2, 0.25) is 17.7 Å². The summed E-state index contributed by atoms with van der Waals surface area (Å²) in [5.41, 5.74) is 5.28. The van der Waals surface area contributed by atoms with Crippen LogP contribution in [0.2, 0.25) is 0 Å². The van der Waals surface area contributed by atoms with Crippen LogP contribution in [0.5, 0.6) is 0 Å². The van der Waals surface area contributed by atoms with Crippen molar-refractivity contribution < 1.29 is 24.3 Å². The molecule has 0 aliphatic carbocycles. The predicted molar refractivity (Wildman–Crippen MR) is 112 cm³/mol. The van der Waals surface area contributed by atoms with Crippen LogP contribution in [0.25, 0.3) is 0 Å². The van der Waals surface area contributed by atoms with E-state index < -0.39 is 41.8 Å². The lowest BCUT2D eigenvalue weighted by Crippen LogP contribution is -2.56. The summed E-state index contributed by atoms with van der Waals surface area (Å²) >= 11 is 6.92. The zero-order chi connectivity index (χ0) is 20.8. The number of rotatable bonds is 14. The van der Waals surface area contributed by atoms with E-state index in [0.717, 1.165) is 0 Å². The molecule has 9 nitrogen and oxygen atoms in total. The first-order valence-electron chi connectivity index (χ1n) is 8.22. The van der Waals surface area contributed by atoms with Gasteiger partial charge in [-0.25, -0.2) is 4.79 Å². The molecule has 0 heterocycles. The lowest BCUT2D eigenvalue weighted by molar-refractivity contribution is -0.141. The number of carboxylic acids is 1. The van der Waals surface area contributed by atoms with Gasteiger partial charge in [-0.2, -0.15) is 36.2 Å². The van der Waals surface area contributed by atoms with Crippen LogP contribution < -0.4 is 21.7 Å². The fraction of sp³-hybridized carbons (Fsp3) is 0.733. The van der Waals surface area contributed by atoms with Gasteiger partial charge in [0.05, 0.1) is 6.54 Å². The first kappa shape index (κ1) is 25.9. The molecule has 3 amide bonds. The van der Waals surface area contributed by atoms with Gasteiger partial charge in [0, 0.05) is 5.75 Å². The molecule has 0 aromatic rings. The minimum Gasteiger partial charge on any atom is -0.480 e. The summed E-state index contributed by atoms with van der Waals surface area (Å²) in [6, 6.07) is -2.89. The zero-order valence-corrected chi connectivity index (χ0v) is 17.9. The highest BCUT2D eigenvalue weighted by Crippen LogP contribution is 2.05. The smallest absolute Gasteiger partial charge is 0.327 e. The van der Waals surface area contributed by atoms with Gasteiger partial charge in [0.25, 0.3) is 0 Å². The Morgan fingerprint density at radius 1 is 0.926 bits per heavy atom. The van der Waals surface area contributed by atoms with Crippen LogP contribution in [0.1, 0.15) is 12.8 Å². The van der Waals surface area contributed by atoms with Crippen LogP contribution in [-0.4, -0.2) is 83.2 Å². The average Bonchev–Trinajstić information content (AvgIpc) is 2.65. The van der Waals surface area contributed by atoms with Crippen molar-refractivity contribution in [2.45, 2.75) is 31.0 Å². The SMILES string of the molecule is CSCCC(NC(=O)CN)C(=O)NC(CCSC)C(=O)NC(CS)C(=O)O. The highest BCUT2D eigenvalue weighted by atomic mass is 32.2. The van der Waals surface area contributed by atoms with Crippen LogP contribution in [0.4, 0.5) is 0 Å². The van der Waals surface area contributed by atoms with Crippen LogP contribution in [0, 0.1) is 0 Å². The van der Waals surface area contributed by atoms with Crippen molar-refractivity contribution in [3.8, 4) is 0 Å². The molecule has 156 valence electrons. The third-order valence-electron chi connectivity index (χ3n) is 3.49. The van der Waals surface area contributed by atoms with E-state index in [9.17, 15) is 19.2 Å². The summed E-state index contributed by atoms with van der Waals surface area (Å²) in [6.07, 6.45) is 4.42. The maximum absolute atomic E-state index is 12.6. The van der Waals surface area contributed by atoms with E-state index in [1.165, 1.54) is 23.5 Å². The quantitative estimate of drug-likeness (QED) is 0.187. The molecule has 0 aromatic carbocycles. The zero-order valence-electron chi connectivity index (χ0n) is 15.4. The summed E-state index contributed by atoms with van der Waals surface area (Å²) in [7, 11) is 0. The monoisotopic (exact) mass is 440 g/mol. The number of nitrogens with two attached hydrogens (primary N) is 1. The van der Waals surface area contributed by atoms with E-state index >= 15 is 0 Å². The number of carboxylic acid groups (broad SMARTS) is 1. The number of carbonyl (C=O) groups excluding carboxylic acids is 3. The van der Waals surface area contributed by atoms with E-state index in [2.05, 4.69) is 28.6 Å². The molecule has 0 aliphatic heterocycles. The number of hydrogen-bond donors (Lipinski definition) is 6. The number of nitrogens with one attached hydrogen (secondary N) is 3. The minimum absolute atomic E-state index is 0.0762. The Kier molecular flexibility index (Phi) is 14.3. The lowest BCUT2D eigenvalue weighted by Gasteiger charge is -2.24. The second-order valence-corrected chi connectivity index (χ2v) is 7.87. The van der Waals surface area contributed by atoms with Gasteiger partial charge in [-0.3, -0.25) is 14.4 Å². The summed E-state index contributed by atoms with van der Waals surface area (Å²) in [5.74, 6) is -1.65. The van der Waals surface area contributed by atoms with Crippen molar-refractivity contribution in [3.63, 3.8) is 0 Å².